The minimum absolute atomic E-state index is 0. The minimum atomic E-state index is 0. The van der Waals surface area contributed by atoms with E-state index in [1.807, 2.05) is 37.2 Å². The summed E-state index contributed by atoms with van der Waals surface area (Å²) < 4.78 is 0. The molecule has 0 aliphatic heterocycles. The molecule has 210 valence electrons. The Morgan fingerprint density at radius 3 is 1.46 bits per heavy atom. The Labute approximate surface area is 259 Å². The molecule has 0 N–H and O–H groups in total. The maximum atomic E-state index is 3.72. The topological polar surface area (TPSA) is 0 Å². The third-order valence-corrected chi connectivity index (χ3v) is 8.51. The predicted octanol–water partition coefficient (Wildman–Crippen LogP) is 9.76. The molecule has 4 heteroatoms. The number of fused-ring (bicyclic) bond motifs is 2. The van der Waals surface area contributed by atoms with Gasteiger partial charge in [-0.15, -0.1) is 49.8 Å². The average Bonchev–Trinajstić information content (AvgIpc) is 3.32. The Balaban J connectivity index is 0.000000514. The molecule has 0 amide bonds. The van der Waals surface area contributed by atoms with Crippen LogP contribution in [0.3, 0.4) is 0 Å². The van der Waals surface area contributed by atoms with Crippen molar-refractivity contribution in [2.75, 3.05) is 0 Å². The Hall–Kier alpha value is -0.0100. The van der Waals surface area contributed by atoms with Crippen LogP contribution in [0.1, 0.15) is 98.5 Å². The zero-order chi connectivity index (χ0) is 26.1. The number of hydrogen-bond acceptors (Lipinski definition) is 0. The van der Waals surface area contributed by atoms with Crippen LogP contribution in [0.5, 0.6) is 0 Å². The molecule has 0 saturated heterocycles. The zero-order valence-corrected chi connectivity index (χ0v) is 29.9. The summed E-state index contributed by atoms with van der Waals surface area (Å²) in [5.74, 6) is 3.33. The van der Waals surface area contributed by atoms with Gasteiger partial charge in [0.15, 0.2) is 0 Å². The van der Waals surface area contributed by atoms with Crippen LogP contribution >= 0.6 is 24.8 Å². The fourth-order valence-electron chi connectivity index (χ4n) is 6.48. The van der Waals surface area contributed by atoms with Gasteiger partial charge in [0.2, 0.25) is 0 Å². The second-order valence-electron chi connectivity index (χ2n) is 12.5. The summed E-state index contributed by atoms with van der Waals surface area (Å²) >= 11 is 1.58. The molecule has 1 aromatic rings. The van der Waals surface area contributed by atoms with E-state index in [-0.39, 0.29) is 24.8 Å². The Morgan fingerprint density at radius 2 is 1.14 bits per heavy atom. The van der Waals surface area contributed by atoms with Crippen molar-refractivity contribution in [1.82, 2.24) is 0 Å². The summed E-state index contributed by atoms with van der Waals surface area (Å²) in [4.78, 5) is 0. The van der Waals surface area contributed by atoms with E-state index in [2.05, 4.69) is 73.5 Å². The summed E-state index contributed by atoms with van der Waals surface area (Å²) in [7, 11) is 0. The van der Waals surface area contributed by atoms with Crippen LogP contribution in [0.15, 0.2) is 53.6 Å². The number of allylic oxidation sites excluding steroid dienone is 4. The second-order valence-corrected chi connectivity index (χ2v) is 12.5. The normalized spacial score (nSPS) is 27.9. The third-order valence-electron chi connectivity index (χ3n) is 8.51. The molecule has 0 aromatic heterocycles. The fourth-order valence-corrected chi connectivity index (χ4v) is 6.48. The molecule has 4 aliphatic rings. The molecule has 2 saturated carbocycles. The summed E-state index contributed by atoms with van der Waals surface area (Å²) in [6.07, 6.45) is 20.9. The van der Waals surface area contributed by atoms with E-state index in [1.165, 1.54) is 51.4 Å². The van der Waals surface area contributed by atoms with Crippen LogP contribution in [0.4, 0.5) is 0 Å². The van der Waals surface area contributed by atoms with Gasteiger partial charge in [-0.2, -0.15) is 24.6 Å². The van der Waals surface area contributed by atoms with Gasteiger partial charge in [-0.1, -0.05) is 85.1 Å². The van der Waals surface area contributed by atoms with Crippen LogP contribution in [0.25, 0.3) is 0 Å². The van der Waals surface area contributed by atoms with Crippen molar-refractivity contribution in [3.05, 3.63) is 79.0 Å². The molecule has 0 spiro atoms. The quantitative estimate of drug-likeness (QED) is 0.196. The fraction of sp³-hybridized carbons (Fsp3) is 0.606. The molecular formula is C33H53Cl2SiZr-3. The van der Waals surface area contributed by atoms with Crippen LogP contribution < -0.4 is 0 Å². The van der Waals surface area contributed by atoms with Gasteiger partial charge in [-0.3, -0.25) is 0 Å². The maximum absolute atomic E-state index is 3.72. The van der Waals surface area contributed by atoms with Gasteiger partial charge in [0, 0.05) is 0 Å². The summed E-state index contributed by atoms with van der Waals surface area (Å²) in [5.41, 5.74) is 5.49. The molecule has 4 unspecified atom stereocenters. The SMILES string of the molecule is CC1[CH-]C2=CCCCC(C)(C)C2C1.CC1[CH-]C2=CCCCC(C)(C)C2C1.Cl.Cl.[CH2-]c1ccccc1.[SiH2]=[Zr]. The van der Waals surface area contributed by atoms with E-state index in [9.17, 15) is 0 Å². The van der Waals surface area contributed by atoms with Gasteiger partial charge < -0.3 is 0 Å². The van der Waals surface area contributed by atoms with Crippen LogP contribution in [-0.4, -0.2) is 6.88 Å². The standard InChI is InChI=1S/2C13H21.C7H7.2ClH.H2Si.Zr/c2*1-10-8-11-6-4-5-7-13(2,3)12(11)9-10;1-7-5-3-2-4-6-7;;;;/h2*6,8,10,12H,4-5,7,9H2,1-3H3;2-6H,1H2;2*1H;1H2;/q3*-1;;;;. The van der Waals surface area contributed by atoms with Gasteiger partial charge in [-0.25, -0.2) is 36.1 Å². The van der Waals surface area contributed by atoms with E-state index in [0.717, 1.165) is 29.2 Å². The summed E-state index contributed by atoms with van der Waals surface area (Å²) in [5, 5.41) is 0. The first-order valence-corrected chi connectivity index (χ1v) is 19.8. The van der Waals surface area contributed by atoms with E-state index in [0.29, 0.717) is 10.8 Å². The Bertz CT molecular complexity index is 780. The van der Waals surface area contributed by atoms with Gasteiger partial charge in [0.1, 0.15) is 0 Å². The molecular weight excluding hydrogens is 587 g/mol. The molecule has 37 heavy (non-hydrogen) atoms. The molecule has 4 aliphatic carbocycles. The van der Waals surface area contributed by atoms with Crippen molar-refractivity contribution in [3.8, 4) is 0 Å². The Morgan fingerprint density at radius 1 is 0.757 bits per heavy atom. The first-order valence-electron chi connectivity index (χ1n) is 13.9. The predicted molar refractivity (Wildman–Crippen MR) is 169 cm³/mol. The zero-order valence-electron chi connectivity index (χ0n) is 24.4. The number of benzene rings is 1. The van der Waals surface area contributed by atoms with Crippen molar-refractivity contribution in [1.29, 1.82) is 0 Å². The van der Waals surface area contributed by atoms with Gasteiger partial charge in [-0.05, 0) is 35.5 Å². The number of hydrogen-bond donors (Lipinski definition) is 0. The van der Waals surface area contributed by atoms with E-state index < -0.39 is 0 Å². The van der Waals surface area contributed by atoms with Gasteiger partial charge >= 0.3 is 30.2 Å². The van der Waals surface area contributed by atoms with Crippen LogP contribution in [0, 0.1) is 54.3 Å². The van der Waals surface area contributed by atoms with E-state index >= 15 is 0 Å². The van der Waals surface area contributed by atoms with Crippen LogP contribution in [-0.2, 0) is 23.3 Å². The molecule has 2 fully saturated rings. The molecule has 0 bridgehead atoms. The molecule has 1 aromatic carbocycles. The van der Waals surface area contributed by atoms with E-state index in [4.69, 9.17) is 0 Å². The Kier molecular flexibility index (Phi) is 17.6. The summed E-state index contributed by atoms with van der Waals surface area (Å²) in [6, 6.07) is 9.87. The van der Waals surface area contributed by atoms with Crippen molar-refractivity contribution in [3.63, 3.8) is 0 Å². The van der Waals surface area contributed by atoms with Crippen molar-refractivity contribution >= 4 is 31.7 Å². The summed E-state index contributed by atoms with van der Waals surface area (Å²) in [6.45, 7) is 20.2. The molecule has 0 radical (unpaired) electrons. The molecule has 0 nitrogen and oxygen atoms in total. The average molecular weight is 640 g/mol. The first kappa shape index (κ1) is 37.0. The third kappa shape index (κ3) is 11.6. The number of rotatable bonds is 0. The van der Waals surface area contributed by atoms with Crippen molar-refractivity contribution in [2.24, 2.45) is 34.5 Å². The van der Waals surface area contributed by atoms with Crippen molar-refractivity contribution < 1.29 is 23.3 Å². The van der Waals surface area contributed by atoms with Crippen LogP contribution in [0.2, 0.25) is 0 Å². The molecule has 0 heterocycles. The van der Waals surface area contributed by atoms with Gasteiger partial charge in [0.25, 0.3) is 0 Å². The number of halogens is 2. The van der Waals surface area contributed by atoms with Crippen molar-refractivity contribution in [2.45, 2.75) is 92.9 Å². The van der Waals surface area contributed by atoms with Gasteiger partial charge in [0.05, 0.1) is 0 Å². The molecule has 5 rings (SSSR count). The second kappa shape index (κ2) is 17.6. The first-order chi connectivity index (χ1) is 16.6. The van der Waals surface area contributed by atoms with E-state index in [1.54, 1.807) is 34.5 Å². The molecule has 4 atom stereocenters. The monoisotopic (exact) mass is 637 g/mol.